The Kier molecular flexibility index (Phi) is 2.11. The molecule has 7 nitrogen and oxygen atoms in total. The van der Waals surface area contributed by atoms with E-state index in [4.69, 9.17) is 4.52 Å². The van der Waals surface area contributed by atoms with Crippen molar-refractivity contribution in [1.29, 1.82) is 0 Å². The molecule has 0 unspecified atom stereocenters. The summed E-state index contributed by atoms with van der Waals surface area (Å²) in [6.45, 7) is 0.979. The first kappa shape index (κ1) is 10.2. The minimum atomic E-state index is 0.428. The third-order valence-electron chi connectivity index (χ3n) is 3.14. The molecule has 0 fully saturated rings. The van der Waals surface area contributed by atoms with E-state index in [1.807, 2.05) is 12.1 Å². The Balaban J connectivity index is 1.73. The molecule has 7 heteroatoms. The summed E-state index contributed by atoms with van der Waals surface area (Å²) in [6, 6.07) is 6.11. The molecule has 1 aliphatic rings. The van der Waals surface area contributed by atoms with E-state index in [0.717, 1.165) is 24.2 Å². The maximum atomic E-state index is 5.26. The topological polar surface area (TPSA) is 92.5 Å². The molecule has 1 aliphatic heterocycles. The van der Waals surface area contributed by atoms with Gasteiger partial charge in [-0.2, -0.15) is 20.4 Å². The molecule has 94 valence electrons. The first-order chi connectivity index (χ1) is 9.40. The third kappa shape index (κ3) is 1.67. The van der Waals surface area contributed by atoms with Gasteiger partial charge < -0.3 is 9.84 Å². The van der Waals surface area contributed by atoms with Gasteiger partial charge in [-0.15, -0.1) is 0 Å². The first-order valence-electron chi connectivity index (χ1n) is 5.97. The average Bonchev–Trinajstić information content (AvgIpc) is 3.18. The summed E-state index contributed by atoms with van der Waals surface area (Å²) >= 11 is 0. The van der Waals surface area contributed by atoms with Crippen LogP contribution in [-0.4, -0.2) is 32.1 Å². The molecule has 0 spiro atoms. The van der Waals surface area contributed by atoms with E-state index in [-0.39, 0.29) is 0 Å². The van der Waals surface area contributed by atoms with Crippen molar-refractivity contribution in [3.63, 3.8) is 0 Å². The van der Waals surface area contributed by atoms with Crippen LogP contribution in [0.2, 0.25) is 0 Å². The second kappa shape index (κ2) is 3.91. The minimum absolute atomic E-state index is 0.428. The highest BCUT2D eigenvalue weighted by atomic mass is 16.5. The van der Waals surface area contributed by atoms with Gasteiger partial charge in [-0.1, -0.05) is 11.2 Å². The number of nitrogens with zero attached hydrogens (tertiary/aromatic N) is 4. The van der Waals surface area contributed by atoms with Crippen LogP contribution in [-0.2, 0) is 6.42 Å². The molecule has 0 bridgehead atoms. The highest BCUT2D eigenvalue weighted by Crippen LogP contribution is 2.28. The van der Waals surface area contributed by atoms with Gasteiger partial charge in [0, 0.05) is 17.8 Å². The van der Waals surface area contributed by atoms with Crippen molar-refractivity contribution in [3.8, 4) is 23.0 Å². The Hall–Kier alpha value is -2.70. The zero-order valence-electron chi connectivity index (χ0n) is 9.92. The maximum Gasteiger partial charge on any atom is 0.258 e. The summed E-state index contributed by atoms with van der Waals surface area (Å²) in [4.78, 5) is 4.32. The number of aromatic nitrogens is 5. The molecular formula is C12H10N6O. The maximum absolute atomic E-state index is 5.26. The fourth-order valence-corrected chi connectivity index (χ4v) is 2.18. The highest BCUT2D eigenvalue weighted by molar-refractivity contribution is 5.67. The third-order valence-corrected chi connectivity index (χ3v) is 3.14. The Morgan fingerprint density at radius 2 is 2.26 bits per heavy atom. The van der Waals surface area contributed by atoms with Crippen LogP contribution in [0, 0.1) is 0 Å². The molecule has 0 aliphatic carbocycles. The zero-order valence-corrected chi connectivity index (χ0v) is 9.92. The van der Waals surface area contributed by atoms with Crippen molar-refractivity contribution in [1.82, 2.24) is 25.6 Å². The first-order valence-corrected chi connectivity index (χ1v) is 5.97. The predicted octanol–water partition coefficient (Wildman–Crippen LogP) is 1.49. The van der Waals surface area contributed by atoms with Gasteiger partial charge in [0.2, 0.25) is 5.82 Å². The van der Waals surface area contributed by atoms with Gasteiger partial charge in [0.15, 0.2) is 5.69 Å². The number of anilines is 1. The molecule has 1 aromatic carbocycles. The van der Waals surface area contributed by atoms with Crippen molar-refractivity contribution in [2.45, 2.75) is 6.42 Å². The van der Waals surface area contributed by atoms with Gasteiger partial charge in [0.05, 0.1) is 6.20 Å². The van der Waals surface area contributed by atoms with Crippen LogP contribution in [0.4, 0.5) is 5.69 Å². The molecule has 2 N–H and O–H groups in total. The number of H-pyrrole nitrogens is 1. The van der Waals surface area contributed by atoms with E-state index in [1.165, 1.54) is 5.56 Å². The lowest BCUT2D eigenvalue weighted by Crippen LogP contribution is -1.91. The predicted molar refractivity (Wildman–Crippen MR) is 67.3 cm³/mol. The molecule has 0 amide bonds. The van der Waals surface area contributed by atoms with E-state index in [9.17, 15) is 0 Å². The van der Waals surface area contributed by atoms with Crippen molar-refractivity contribution in [2.24, 2.45) is 0 Å². The highest BCUT2D eigenvalue weighted by Gasteiger charge is 2.15. The van der Waals surface area contributed by atoms with Crippen molar-refractivity contribution in [3.05, 3.63) is 30.0 Å². The fourth-order valence-electron chi connectivity index (χ4n) is 2.18. The summed E-state index contributed by atoms with van der Waals surface area (Å²) < 4.78 is 5.26. The average molecular weight is 254 g/mol. The largest absolute Gasteiger partial charge is 0.384 e. The van der Waals surface area contributed by atoms with Gasteiger partial charge in [0.25, 0.3) is 5.89 Å². The molecule has 4 rings (SSSR count). The van der Waals surface area contributed by atoms with Crippen LogP contribution in [0.25, 0.3) is 23.0 Å². The summed E-state index contributed by atoms with van der Waals surface area (Å²) in [5.74, 6) is 0.909. The quantitative estimate of drug-likeness (QED) is 0.719. The van der Waals surface area contributed by atoms with Gasteiger partial charge in [-0.25, -0.2) is 0 Å². The summed E-state index contributed by atoms with van der Waals surface area (Å²) in [5.41, 5.74) is 3.92. The van der Waals surface area contributed by atoms with E-state index in [2.05, 4.69) is 36.9 Å². The number of nitrogens with one attached hydrogen (secondary N) is 2. The molecular weight excluding hydrogens is 244 g/mol. The Morgan fingerprint density at radius 1 is 1.26 bits per heavy atom. The van der Waals surface area contributed by atoms with Crippen LogP contribution in [0.3, 0.4) is 0 Å². The molecule has 3 heterocycles. The molecule has 0 saturated heterocycles. The SMILES string of the molecule is c1cc2c(cc1-c1nc(-c3cn[nH]n3)no1)NCC2. The smallest absolute Gasteiger partial charge is 0.258 e. The lowest BCUT2D eigenvalue weighted by Gasteiger charge is -2.00. The summed E-state index contributed by atoms with van der Waals surface area (Å²) in [7, 11) is 0. The van der Waals surface area contributed by atoms with Crippen LogP contribution < -0.4 is 5.32 Å². The second-order valence-electron chi connectivity index (χ2n) is 4.33. The monoisotopic (exact) mass is 254 g/mol. The van der Waals surface area contributed by atoms with Crippen molar-refractivity contribution in [2.75, 3.05) is 11.9 Å². The molecule has 0 saturated carbocycles. The van der Waals surface area contributed by atoms with E-state index >= 15 is 0 Å². The minimum Gasteiger partial charge on any atom is -0.384 e. The van der Waals surface area contributed by atoms with Crippen LogP contribution in [0.5, 0.6) is 0 Å². The Bertz CT molecular complexity index is 718. The van der Waals surface area contributed by atoms with Crippen LogP contribution in [0.15, 0.2) is 28.9 Å². The van der Waals surface area contributed by atoms with Crippen molar-refractivity contribution < 1.29 is 4.52 Å². The normalized spacial score (nSPS) is 13.3. The molecule has 19 heavy (non-hydrogen) atoms. The fraction of sp³-hybridized carbons (Fsp3) is 0.167. The van der Waals surface area contributed by atoms with Gasteiger partial charge in [-0.05, 0) is 24.1 Å². The molecule has 0 radical (unpaired) electrons. The van der Waals surface area contributed by atoms with Crippen molar-refractivity contribution >= 4 is 5.69 Å². The lowest BCUT2D eigenvalue weighted by molar-refractivity contribution is 0.432. The Labute approximate surface area is 108 Å². The van der Waals surface area contributed by atoms with E-state index in [0.29, 0.717) is 17.4 Å². The van der Waals surface area contributed by atoms with E-state index in [1.54, 1.807) is 6.20 Å². The number of rotatable bonds is 2. The van der Waals surface area contributed by atoms with Gasteiger partial charge >= 0.3 is 0 Å². The molecule has 2 aromatic heterocycles. The zero-order chi connectivity index (χ0) is 12.7. The van der Waals surface area contributed by atoms with Crippen LogP contribution in [0.1, 0.15) is 5.56 Å². The standard InChI is InChI=1S/C12H10N6O/c1-2-8(5-9-7(1)3-4-13-9)12-15-11(17-19-12)10-6-14-18-16-10/h1-2,5-6,13H,3-4H2,(H,14,16,18). The molecule has 0 atom stereocenters. The number of fused-ring (bicyclic) bond motifs is 1. The Morgan fingerprint density at radius 3 is 3.16 bits per heavy atom. The van der Waals surface area contributed by atoms with Crippen LogP contribution >= 0.6 is 0 Å². The lowest BCUT2D eigenvalue weighted by atomic mass is 10.1. The van der Waals surface area contributed by atoms with Gasteiger partial charge in [-0.3, -0.25) is 0 Å². The van der Waals surface area contributed by atoms with Gasteiger partial charge in [0.1, 0.15) is 0 Å². The number of aromatic amines is 1. The summed E-state index contributed by atoms with van der Waals surface area (Å²) in [5, 5.41) is 17.4. The number of hydrogen-bond acceptors (Lipinski definition) is 6. The second-order valence-corrected chi connectivity index (χ2v) is 4.33. The van der Waals surface area contributed by atoms with E-state index < -0.39 is 0 Å². The number of benzene rings is 1. The molecule has 3 aromatic rings. The number of hydrogen-bond donors (Lipinski definition) is 2. The summed E-state index contributed by atoms with van der Waals surface area (Å²) in [6.07, 6.45) is 2.61.